The number of carbonyl (C=O) groups is 1. The highest BCUT2D eigenvalue weighted by molar-refractivity contribution is 9.10. The van der Waals surface area contributed by atoms with Crippen molar-refractivity contribution in [1.82, 2.24) is 4.98 Å². The van der Waals surface area contributed by atoms with Gasteiger partial charge in [0.25, 0.3) is 0 Å². The lowest BCUT2D eigenvalue weighted by Gasteiger charge is -2.07. The van der Waals surface area contributed by atoms with E-state index in [0.717, 1.165) is 20.9 Å². The number of nitrogens with zero attached hydrogens (tertiary/aromatic N) is 1. The van der Waals surface area contributed by atoms with E-state index in [1.165, 1.54) is 6.92 Å². The van der Waals surface area contributed by atoms with Gasteiger partial charge in [0.1, 0.15) is 0 Å². The number of anilines is 1. The van der Waals surface area contributed by atoms with Crippen LogP contribution < -0.4 is 5.32 Å². The van der Waals surface area contributed by atoms with Gasteiger partial charge in [-0.2, -0.15) is 0 Å². The quantitative estimate of drug-likeness (QED) is 0.861. The average Bonchev–Trinajstić information content (AvgIpc) is 2.19. The molecule has 0 saturated heterocycles. The number of pyridine rings is 1. The maximum atomic E-state index is 11.0. The summed E-state index contributed by atoms with van der Waals surface area (Å²) in [4.78, 5) is 15.1. The molecule has 0 fully saturated rings. The Bertz CT molecular complexity index is 525. The van der Waals surface area contributed by atoms with Crippen molar-refractivity contribution in [3.05, 3.63) is 35.1 Å². The molecular formula is C11H9BrN2O. The Hall–Kier alpha value is -1.42. The van der Waals surface area contributed by atoms with Gasteiger partial charge in [-0.3, -0.25) is 9.78 Å². The topological polar surface area (TPSA) is 42.0 Å². The zero-order valence-electron chi connectivity index (χ0n) is 8.12. The molecule has 3 nitrogen and oxygen atoms in total. The van der Waals surface area contributed by atoms with E-state index in [4.69, 9.17) is 0 Å². The highest BCUT2D eigenvalue weighted by atomic mass is 79.9. The molecular weight excluding hydrogens is 256 g/mol. The molecule has 2 rings (SSSR count). The van der Waals surface area contributed by atoms with E-state index < -0.39 is 0 Å². The number of hydrogen-bond acceptors (Lipinski definition) is 2. The third-order valence-corrected chi connectivity index (χ3v) is 2.70. The van der Waals surface area contributed by atoms with Gasteiger partial charge in [-0.05, 0) is 22.0 Å². The van der Waals surface area contributed by atoms with Gasteiger partial charge >= 0.3 is 0 Å². The van der Waals surface area contributed by atoms with Crippen molar-refractivity contribution in [2.45, 2.75) is 6.92 Å². The fourth-order valence-corrected chi connectivity index (χ4v) is 1.92. The van der Waals surface area contributed by atoms with Crippen LogP contribution in [0.25, 0.3) is 10.8 Å². The predicted octanol–water partition coefficient (Wildman–Crippen LogP) is 2.96. The summed E-state index contributed by atoms with van der Waals surface area (Å²) < 4.78 is 0.923. The summed E-state index contributed by atoms with van der Waals surface area (Å²) in [5.41, 5.74) is 0.786. The molecule has 4 heteroatoms. The lowest BCUT2D eigenvalue weighted by atomic mass is 10.1. The Kier molecular flexibility index (Phi) is 2.68. The molecule has 0 aliphatic rings. The number of rotatable bonds is 1. The second kappa shape index (κ2) is 3.98. The molecule has 76 valence electrons. The molecule has 1 aromatic carbocycles. The average molecular weight is 265 g/mol. The summed E-state index contributed by atoms with van der Waals surface area (Å²) in [6.07, 6.45) is 3.48. The van der Waals surface area contributed by atoms with Gasteiger partial charge in [-0.1, -0.05) is 12.1 Å². The molecule has 1 N–H and O–H groups in total. The van der Waals surface area contributed by atoms with Crippen LogP contribution >= 0.6 is 15.9 Å². The van der Waals surface area contributed by atoms with E-state index in [9.17, 15) is 4.79 Å². The van der Waals surface area contributed by atoms with Gasteiger partial charge in [-0.25, -0.2) is 0 Å². The Morgan fingerprint density at radius 1 is 1.33 bits per heavy atom. The molecule has 0 unspecified atom stereocenters. The molecule has 0 saturated carbocycles. The monoisotopic (exact) mass is 264 g/mol. The molecule has 0 atom stereocenters. The van der Waals surface area contributed by atoms with Crippen molar-refractivity contribution in [1.29, 1.82) is 0 Å². The van der Waals surface area contributed by atoms with Crippen molar-refractivity contribution in [3.63, 3.8) is 0 Å². The van der Waals surface area contributed by atoms with Crippen LogP contribution in [0.2, 0.25) is 0 Å². The minimum atomic E-state index is -0.0810. The number of aromatic nitrogens is 1. The van der Waals surface area contributed by atoms with Gasteiger partial charge < -0.3 is 5.32 Å². The number of halogens is 1. The van der Waals surface area contributed by atoms with E-state index >= 15 is 0 Å². The van der Waals surface area contributed by atoms with Gasteiger partial charge in [0.05, 0.1) is 5.69 Å². The fraction of sp³-hybridized carbons (Fsp3) is 0.0909. The van der Waals surface area contributed by atoms with Gasteiger partial charge in [-0.15, -0.1) is 0 Å². The fourth-order valence-electron chi connectivity index (χ4n) is 1.46. The standard InChI is InChI=1S/C11H9BrN2O/c1-7(15)14-11-4-2-3-8-9(11)5-13-6-10(8)12/h2-6H,1H3,(H,14,15). The molecule has 2 aromatic rings. The Labute approximate surface area is 95.6 Å². The largest absolute Gasteiger partial charge is 0.326 e. The third kappa shape index (κ3) is 1.99. The van der Waals surface area contributed by atoms with Gasteiger partial charge in [0, 0.05) is 34.6 Å². The number of hydrogen-bond donors (Lipinski definition) is 1. The number of benzene rings is 1. The lowest BCUT2D eigenvalue weighted by Crippen LogP contribution is -2.06. The van der Waals surface area contributed by atoms with Crippen LogP contribution in [0.15, 0.2) is 35.1 Å². The third-order valence-electron chi connectivity index (χ3n) is 2.07. The number of carbonyl (C=O) groups excluding carboxylic acids is 1. The van der Waals surface area contributed by atoms with E-state index in [-0.39, 0.29) is 5.91 Å². The first kappa shape index (κ1) is 10.1. The Balaban J connectivity index is 2.65. The smallest absolute Gasteiger partial charge is 0.221 e. The maximum absolute atomic E-state index is 11.0. The molecule has 1 heterocycles. The zero-order chi connectivity index (χ0) is 10.8. The summed E-state index contributed by atoms with van der Waals surface area (Å²) >= 11 is 3.42. The molecule has 15 heavy (non-hydrogen) atoms. The summed E-state index contributed by atoms with van der Waals surface area (Å²) in [7, 11) is 0. The second-order valence-corrected chi connectivity index (χ2v) is 4.06. The van der Waals surface area contributed by atoms with Crippen LogP contribution in [0, 0.1) is 0 Å². The molecule has 1 amide bonds. The highest BCUT2D eigenvalue weighted by Crippen LogP contribution is 2.27. The molecule has 0 bridgehead atoms. The van der Waals surface area contributed by atoms with Crippen molar-refractivity contribution < 1.29 is 4.79 Å². The SMILES string of the molecule is CC(=O)Nc1cccc2c(Br)cncc12. The van der Waals surface area contributed by atoms with Crippen molar-refractivity contribution in [2.24, 2.45) is 0 Å². The lowest BCUT2D eigenvalue weighted by molar-refractivity contribution is -0.114. The van der Waals surface area contributed by atoms with Crippen LogP contribution in [0.5, 0.6) is 0 Å². The van der Waals surface area contributed by atoms with E-state index in [1.54, 1.807) is 12.4 Å². The van der Waals surface area contributed by atoms with Crippen LogP contribution in [0.4, 0.5) is 5.69 Å². The van der Waals surface area contributed by atoms with Crippen LogP contribution in [0.1, 0.15) is 6.92 Å². The number of amides is 1. The second-order valence-electron chi connectivity index (χ2n) is 3.20. The van der Waals surface area contributed by atoms with E-state index in [1.807, 2.05) is 18.2 Å². The highest BCUT2D eigenvalue weighted by Gasteiger charge is 2.04. The van der Waals surface area contributed by atoms with Crippen molar-refractivity contribution in [3.8, 4) is 0 Å². The molecule has 0 aliphatic heterocycles. The zero-order valence-corrected chi connectivity index (χ0v) is 9.71. The summed E-state index contributed by atoms with van der Waals surface area (Å²) in [5, 5.41) is 4.75. The van der Waals surface area contributed by atoms with Crippen LogP contribution in [0.3, 0.4) is 0 Å². The molecule has 0 aliphatic carbocycles. The summed E-state index contributed by atoms with van der Waals surface area (Å²) in [5.74, 6) is -0.0810. The van der Waals surface area contributed by atoms with Gasteiger partial charge in [0.15, 0.2) is 0 Å². The van der Waals surface area contributed by atoms with Crippen molar-refractivity contribution >= 4 is 38.3 Å². The summed E-state index contributed by atoms with van der Waals surface area (Å²) in [6, 6.07) is 5.74. The Morgan fingerprint density at radius 3 is 2.87 bits per heavy atom. The molecule has 1 aromatic heterocycles. The Morgan fingerprint density at radius 2 is 2.13 bits per heavy atom. The minimum Gasteiger partial charge on any atom is -0.326 e. The molecule has 0 spiro atoms. The van der Waals surface area contributed by atoms with Crippen molar-refractivity contribution in [2.75, 3.05) is 5.32 Å². The number of nitrogens with one attached hydrogen (secondary N) is 1. The first-order valence-corrected chi connectivity index (χ1v) is 5.27. The van der Waals surface area contributed by atoms with Gasteiger partial charge in [0.2, 0.25) is 5.91 Å². The van der Waals surface area contributed by atoms with Crippen LogP contribution in [-0.2, 0) is 4.79 Å². The van der Waals surface area contributed by atoms with E-state index in [2.05, 4.69) is 26.2 Å². The predicted molar refractivity (Wildman–Crippen MR) is 63.7 cm³/mol. The first-order valence-electron chi connectivity index (χ1n) is 4.48. The normalized spacial score (nSPS) is 10.3. The first-order chi connectivity index (χ1) is 7.18. The maximum Gasteiger partial charge on any atom is 0.221 e. The summed E-state index contributed by atoms with van der Waals surface area (Å²) in [6.45, 7) is 1.49. The minimum absolute atomic E-state index is 0.0810. The number of fused-ring (bicyclic) bond motifs is 1. The van der Waals surface area contributed by atoms with Crippen LogP contribution in [-0.4, -0.2) is 10.9 Å². The molecule has 0 radical (unpaired) electrons. The van der Waals surface area contributed by atoms with E-state index in [0.29, 0.717) is 0 Å².